The Hall–Kier alpha value is -1.70. The fourth-order valence-electron chi connectivity index (χ4n) is 1.72. The molecule has 0 saturated heterocycles. The van der Waals surface area contributed by atoms with E-state index in [0.29, 0.717) is 5.69 Å². The van der Waals surface area contributed by atoms with Crippen LogP contribution in [0.1, 0.15) is 19.5 Å². The zero-order valence-corrected chi connectivity index (χ0v) is 13.2. The first kappa shape index (κ1) is 15.7. The van der Waals surface area contributed by atoms with Crippen molar-refractivity contribution in [3.63, 3.8) is 0 Å². The Morgan fingerprint density at radius 1 is 1.24 bits per heavy atom. The second-order valence-electron chi connectivity index (χ2n) is 5.02. The van der Waals surface area contributed by atoms with Crippen LogP contribution >= 0.6 is 0 Å². The molecule has 7 heteroatoms. The molecule has 0 aliphatic rings. The van der Waals surface area contributed by atoms with E-state index < -0.39 is 10.2 Å². The highest BCUT2D eigenvalue weighted by Crippen LogP contribution is 2.07. The number of aromatic nitrogens is 2. The highest BCUT2D eigenvalue weighted by atomic mass is 32.2. The van der Waals surface area contributed by atoms with Crippen LogP contribution in [0.3, 0.4) is 0 Å². The van der Waals surface area contributed by atoms with Crippen molar-refractivity contribution < 1.29 is 8.42 Å². The van der Waals surface area contributed by atoms with Crippen LogP contribution in [0.5, 0.6) is 0 Å². The Morgan fingerprint density at radius 3 is 2.52 bits per heavy atom. The lowest BCUT2D eigenvalue weighted by Gasteiger charge is -2.20. The van der Waals surface area contributed by atoms with E-state index in [1.807, 2.05) is 50.4 Å². The minimum Gasteiger partial charge on any atom is -0.241 e. The van der Waals surface area contributed by atoms with Crippen LogP contribution in [0.2, 0.25) is 0 Å². The molecule has 1 heterocycles. The summed E-state index contributed by atoms with van der Waals surface area (Å²) in [6.45, 7) is 3.81. The van der Waals surface area contributed by atoms with Gasteiger partial charge in [0.05, 0.1) is 17.9 Å². The molecule has 0 amide bonds. The van der Waals surface area contributed by atoms with Gasteiger partial charge in [0.1, 0.15) is 0 Å². The van der Waals surface area contributed by atoms with Crippen molar-refractivity contribution in [2.75, 3.05) is 7.05 Å². The normalized spacial score (nSPS) is 12.2. The van der Waals surface area contributed by atoms with Gasteiger partial charge in [-0.1, -0.05) is 18.2 Å². The molecule has 21 heavy (non-hydrogen) atoms. The maximum atomic E-state index is 12.0. The van der Waals surface area contributed by atoms with Gasteiger partial charge in [-0.05, 0) is 32.0 Å². The number of para-hydroxylation sites is 1. The number of hydrogen-bond acceptors (Lipinski definition) is 3. The third-order valence-corrected chi connectivity index (χ3v) is 4.90. The second-order valence-corrected chi connectivity index (χ2v) is 6.84. The predicted octanol–water partition coefficient (Wildman–Crippen LogP) is 1.55. The van der Waals surface area contributed by atoms with Gasteiger partial charge in [0.2, 0.25) is 0 Å². The summed E-state index contributed by atoms with van der Waals surface area (Å²) in [5, 5.41) is 4.36. The maximum Gasteiger partial charge on any atom is 0.279 e. The molecule has 2 aromatic rings. The number of hydrogen-bond donors (Lipinski definition) is 1. The summed E-state index contributed by atoms with van der Waals surface area (Å²) in [5.41, 5.74) is 1.60. The molecule has 0 fully saturated rings. The SMILES string of the molecule is CC(C)N(C)S(=O)(=O)NCc1ccn(-c2ccccc2)n1. The van der Waals surface area contributed by atoms with Crippen LogP contribution in [-0.4, -0.2) is 35.6 Å². The summed E-state index contributed by atoms with van der Waals surface area (Å²) in [5.74, 6) is 0. The van der Waals surface area contributed by atoms with Crippen LogP contribution < -0.4 is 4.72 Å². The summed E-state index contributed by atoms with van der Waals surface area (Å²) in [4.78, 5) is 0. The molecule has 0 radical (unpaired) electrons. The topological polar surface area (TPSA) is 67.2 Å². The Bertz CT molecular complexity index is 680. The molecular weight excluding hydrogens is 288 g/mol. The van der Waals surface area contributed by atoms with Gasteiger partial charge in [0, 0.05) is 19.3 Å². The van der Waals surface area contributed by atoms with Crippen LogP contribution in [0, 0.1) is 0 Å². The van der Waals surface area contributed by atoms with Crippen molar-refractivity contribution in [2.45, 2.75) is 26.4 Å². The summed E-state index contributed by atoms with van der Waals surface area (Å²) in [6, 6.07) is 11.4. The Labute approximate surface area is 125 Å². The van der Waals surface area contributed by atoms with Gasteiger partial charge in [0.25, 0.3) is 10.2 Å². The standard InChI is InChI=1S/C14H20N4O2S/c1-12(2)17(3)21(19,20)15-11-13-9-10-18(16-13)14-7-5-4-6-8-14/h4-10,12,15H,11H2,1-3H3. The molecule has 0 aliphatic carbocycles. The van der Waals surface area contributed by atoms with Crippen molar-refractivity contribution >= 4 is 10.2 Å². The Morgan fingerprint density at radius 2 is 1.90 bits per heavy atom. The number of nitrogens with zero attached hydrogens (tertiary/aromatic N) is 3. The van der Waals surface area contributed by atoms with Crippen LogP contribution in [0.25, 0.3) is 5.69 Å². The Balaban J connectivity index is 2.04. The van der Waals surface area contributed by atoms with Crippen LogP contribution in [-0.2, 0) is 16.8 Å². The van der Waals surface area contributed by atoms with E-state index in [4.69, 9.17) is 0 Å². The fraction of sp³-hybridized carbons (Fsp3) is 0.357. The van der Waals surface area contributed by atoms with Crippen molar-refractivity contribution in [3.05, 3.63) is 48.3 Å². The maximum absolute atomic E-state index is 12.0. The molecule has 0 unspecified atom stereocenters. The first-order chi connectivity index (χ1) is 9.90. The van der Waals surface area contributed by atoms with E-state index in [1.54, 1.807) is 17.8 Å². The smallest absolute Gasteiger partial charge is 0.241 e. The van der Waals surface area contributed by atoms with Gasteiger partial charge in [-0.2, -0.15) is 22.5 Å². The number of benzene rings is 1. The third kappa shape index (κ3) is 3.90. The minimum absolute atomic E-state index is 0.0932. The van der Waals surface area contributed by atoms with E-state index in [0.717, 1.165) is 5.69 Å². The first-order valence-electron chi connectivity index (χ1n) is 6.73. The monoisotopic (exact) mass is 308 g/mol. The molecular formula is C14H20N4O2S. The van der Waals surface area contributed by atoms with E-state index in [9.17, 15) is 8.42 Å². The second kappa shape index (κ2) is 6.38. The zero-order valence-electron chi connectivity index (χ0n) is 12.4. The molecule has 2 rings (SSSR count). The lowest BCUT2D eigenvalue weighted by molar-refractivity contribution is 0.402. The van der Waals surface area contributed by atoms with Gasteiger partial charge in [-0.25, -0.2) is 4.68 Å². The van der Waals surface area contributed by atoms with E-state index >= 15 is 0 Å². The summed E-state index contributed by atoms with van der Waals surface area (Å²) in [6.07, 6.45) is 1.81. The Kier molecular flexibility index (Phi) is 4.76. The number of rotatable bonds is 6. The van der Waals surface area contributed by atoms with E-state index in [-0.39, 0.29) is 12.6 Å². The molecule has 114 valence electrons. The molecule has 0 saturated carbocycles. The molecule has 6 nitrogen and oxygen atoms in total. The lowest BCUT2D eigenvalue weighted by atomic mass is 10.3. The van der Waals surface area contributed by atoms with Gasteiger partial charge in [-0.3, -0.25) is 0 Å². The molecule has 1 aromatic carbocycles. The third-order valence-electron chi connectivity index (χ3n) is 3.21. The van der Waals surface area contributed by atoms with Crippen molar-refractivity contribution in [2.24, 2.45) is 0 Å². The minimum atomic E-state index is -3.48. The lowest BCUT2D eigenvalue weighted by Crippen LogP contribution is -2.41. The van der Waals surface area contributed by atoms with Crippen molar-refractivity contribution in [3.8, 4) is 5.69 Å². The molecule has 0 atom stereocenters. The van der Waals surface area contributed by atoms with Crippen molar-refractivity contribution in [1.29, 1.82) is 0 Å². The van der Waals surface area contributed by atoms with E-state index in [1.165, 1.54) is 4.31 Å². The van der Waals surface area contributed by atoms with Gasteiger partial charge in [0.15, 0.2) is 0 Å². The summed E-state index contributed by atoms with van der Waals surface area (Å²) < 4.78 is 29.6. The average molecular weight is 308 g/mol. The summed E-state index contributed by atoms with van der Waals surface area (Å²) in [7, 11) is -1.93. The molecule has 0 bridgehead atoms. The highest BCUT2D eigenvalue weighted by molar-refractivity contribution is 7.87. The first-order valence-corrected chi connectivity index (χ1v) is 8.17. The molecule has 1 N–H and O–H groups in total. The van der Waals surface area contributed by atoms with Gasteiger partial charge < -0.3 is 0 Å². The van der Waals surface area contributed by atoms with Crippen LogP contribution in [0.15, 0.2) is 42.6 Å². The molecule has 1 aromatic heterocycles. The largest absolute Gasteiger partial charge is 0.279 e. The van der Waals surface area contributed by atoms with E-state index in [2.05, 4.69) is 9.82 Å². The fourth-order valence-corrected chi connectivity index (χ4v) is 2.81. The number of nitrogens with one attached hydrogen (secondary N) is 1. The predicted molar refractivity (Wildman–Crippen MR) is 82.2 cm³/mol. The van der Waals surface area contributed by atoms with Gasteiger partial charge >= 0.3 is 0 Å². The van der Waals surface area contributed by atoms with Crippen LogP contribution in [0.4, 0.5) is 0 Å². The quantitative estimate of drug-likeness (QED) is 0.880. The molecule has 0 spiro atoms. The zero-order chi connectivity index (χ0) is 15.5. The average Bonchev–Trinajstić information content (AvgIpc) is 2.94. The highest BCUT2D eigenvalue weighted by Gasteiger charge is 2.20. The van der Waals surface area contributed by atoms with Gasteiger partial charge in [-0.15, -0.1) is 0 Å². The van der Waals surface area contributed by atoms with Crippen molar-refractivity contribution in [1.82, 2.24) is 18.8 Å². The molecule has 0 aliphatic heterocycles. The summed E-state index contributed by atoms with van der Waals surface area (Å²) >= 11 is 0.